The molecule has 2 heterocycles. The van der Waals surface area contributed by atoms with Gasteiger partial charge in [0, 0.05) is 31.4 Å². The number of hydrogen-bond acceptors (Lipinski definition) is 4. The summed E-state index contributed by atoms with van der Waals surface area (Å²) in [4.78, 5) is 28.4. The molecular weight excluding hydrogens is 419 g/mol. The van der Waals surface area contributed by atoms with Crippen LogP contribution in [0.3, 0.4) is 0 Å². The Bertz CT molecular complexity index is 949. The first kappa shape index (κ1) is 22.3. The van der Waals surface area contributed by atoms with Gasteiger partial charge in [-0.25, -0.2) is 0 Å². The molecule has 0 saturated carbocycles. The molecule has 170 valence electrons. The summed E-state index contributed by atoms with van der Waals surface area (Å²) in [5, 5.41) is 3.23. The molecule has 2 amide bonds. The van der Waals surface area contributed by atoms with Gasteiger partial charge in [-0.1, -0.05) is 18.2 Å². The average molecular weight is 445 g/mol. The van der Waals surface area contributed by atoms with Crippen LogP contribution in [-0.4, -0.2) is 53.8 Å². The molecule has 0 aliphatic carbocycles. The highest BCUT2D eigenvalue weighted by molar-refractivity contribution is 6.21. The first-order valence-electron chi connectivity index (χ1n) is 10.9. The molecule has 8 heteroatoms. The molecule has 0 spiro atoms. The van der Waals surface area contributed by atoms with Crippen molar-refractivity contribution in [1.82, 2.24) is 9.80 Å². The molecule has 0 bridgehead atoms. The topological polar surface area (TPSA) is 52.7 Å². The van der Waals surface area contributed by atoms with Crippen molar-refractivity contribution in [3.63, 3.8) is 0 Å². The van der Waals surface area contributed by atoms with Crippen molar-refractivity contribution in [2.24, 2.45) is 0 Å². The second kappa shape index (κ2) is 9.32. The van der Waals surface area contributed by atoms with E-state index in [2.05, 4.69) is 10.2 Å². The number of amides is 2. The maximum absolute atomic E-state index is 12.9. The molecule has 0 aromatic heterocycles. The van der Waals surface area contributed by atoms with E-state index < -0.39 is 11.7 Å². The van der Waals surface area contributed by atoms with E-state index in [4.69, 9.17) is 0 Å². The van der Waals surface area contributed by atoms with Crippen molar-refractivity contribution < 1.29 is 22.8 Å². The van der Waals surface area contributed by atoms with Crippen molar-refractivity contribution >= 4 is 17.5 Å². The van der Waals surface area contributed by atoms with Crippen LogP contribution < -0.4 is 5.32 Å². The summed E-state index contributed by atoms with van der Waals surface area (Å²) in [6.07, 6.45) is -1.01. The van der Waals surface area contributed by atoms with Crippen LogP contribution in [0.2, 0.25) is 0 Å². The van der Waals surface area contributed by atoms with Crippen LogP contribution in [0.25, 0.3) is 0 Å². The number of nitrogens with zero attached hydrogens (tertiary/aromatic N) is 2. The van der Waals surface area contributed by atoms with Crippen LogP contribution in [0.5, 0.6) is 0 Å². The number of anilines is 1. The van der Waals surface area contributed by atoms with E-state index in [1.807, 2.05) is 0 Å². The van der Waals surface area contributed by atoms with Crippen molar-refractivity contribution in [1.29, 1.82) is 0 Å². The fraction of sp³-hybridized carbons (Fsp3) is 0.417. The van der Waals surface area contributed by atoms with Crippen LogP contribution in [0.4, 0.5) is 18.9 Å². The fourth-order valence-electron chi connectivity index (χ4n) is 4.37. The van der Waals surface area contributed by atoms with Crippen LogP contribution >= 0.6 is 0 Å². The Hall–Kier alpha value is -2.87. The third-order valence-electron chi connectivity index (χ3n) is 6.13. The smallest absolute Gasteiger partial charge is 0.382 e. The normalized spacial score (nSPS) is 17.7. The molecule has 1 N–H and O–H groups in total. The number of carbonyl (C=O) groups is 2. The zero-order valence-electron chi connectivity index (χ0n) is 17.7. The van der Waals surface area contributed by atoms with Gasteiger partial charge in [0.15, 0.2) is 0 Å². The van der Waals surface area contributed by atoms with Gasteiger partial charge >= 0.3 is 6.18 Å². The largest absolute Gasteiger partial charge is 0.416 e. The average Bonchev–Trinajstić information content (AvgIpc) is 3.02. The molecule has 2 aliphatic rings. The molecule has 4 rings (SSSR count). The number of rotatable bonds is 7. The van der Waals surface area contributed by atoms with Crippen LogP contribution in [0.15, 0.2) is 48.5 Å². The minimum absolute atomic E-state index is 0.146. The highest BCUT2D eigenvalue weighted by Crippen LogP contribution is 2.31. The number of nitrogens with one attached hydrogen (secondary N) is 1. The number of alkyl halides is 3. The third kappa shape index (κ3) is 4.96. The van der Waals surface area contributed by atoms with Crippen molar-refractivity contribution in [3.05, 3.63) is 65.2 Å². The zero-order chi connectivity index (χ0) is 22.7. The highest BCUT2D eigenvalue weighted by atomic mass is 19.4. The number of carbonyl (C=O) groups excluding carboxylic acids is 2. The van der Waals surface area contributed by atoms with Gasteiger partial charge in [0.05, 0.1) is 16.7 Å². The molecule has 0 radical (unpaired) electrons. The molecule has 1 saturated heterocycles. The first-order chi connectivity index (χ1) is 15.3. The van der Waals surface area contributed by atoms with Crippen LogP contribution in [0, 0.1) is 0 Å². The van der Waals surface area contributed by atoms with E-state index in [1.165, 1.54) is 11.0 Å². The monoisotopic (exact) mass is 445 g/mol. The predicted molar refractivity (Wildman–Crippen MR) is 116 cm³/mol. The second-order valence-corrected chi connectivity index (χ2v) is 8.35. The van der Waals surface area contributed by atoms with Crippen molar-refractivity contribution in [2.45, 2.75) is 37.9 Å². The standard InChI is InChI=1S/C24H26F3N3O2/c25-24(26,27)17-6-5-7-19(16-17)28-18-10-14-29(15-11-18)12-3-4-13-30-22(31)20-8-1-2-9-21(20)23(30)32/h1-2,5-9,16,18,28H,3-4,10-15H2. The first-order valence-corrected chi connectivity index (χ1v) is 10.9. The maximum atomic E-state index is 12.9. The number of likely N-dealkylation sites (tertiary alicyclic amines) is 1. The summed E-state index contributed by atoms with van der Waals surface area (Å²) in [5.74, 6) is -0.431. The minimum atomic E-state index is -4.34. The SMILES string of the molecule is O=C1c2ccccc2C(=O)N1CCCCN1CCC(Nc2cccc(C(F)(F)F)c2)CC1. The van der Waals surface area contributed by atoms with Gasteiger partial charge in [-0.3, -0.25) is 14.5 Å². The molecule has 2 aromatic rings. The van der Waals surface area contributed by atoms with Gasteiger partial charge in [-0.15, -0.1) is 0 Å². The quantitative estimate of drug-likeness (QED) is 0.498. The lowest BCUT2D eigenvalue weighted by atomic mass is 10.0. The Balaban J connectivity index is 1.17. The molecule has 1 fully saturated rings. The number of hydrogen-bond donors (Lipinski definition) is 1. The van der Waals surface area contributed by atoms with Crippen molar-refractivity contribution in [2.75, 3.05) is 31.5 Å². The van der Waals surface area contributed by atoms with E-state index in [1.54, 1.807) is 30.3 Å². The summed E-state index contributed by atoms with van der Waals surface area (Å²) in [6, 6.07) is 12.4. The van der Waals surface area contributed by atoms with Gasteiger partial charge in [0.2, 0.25) is 0 Å². The number of piperidine rings is 1. The Morgan fingerprint density at radius 2 is 1.50 bits per heavy atom. The van der Waals surface area contributed by atoms with Gasteiger partial charge in [-0.2, -0.15) is 13.2 Å². The summed E-state index contributed by atoms with van der Waals surface area (Å²) < 4.78 is 38.6. The number of benzene rings is 2. The second-order valence-electron chi connectivity index (χ2n) is 8.35. The van der Waals surface area contributed by atoms with Gasteiger partial charge in [-0.05, 0) is 62.6 Å². The molecule has 0 atom stereocenters. The Morgan fingerprint density at radius 1 is 0.875 bits per heavy atom. The Kier molecular flexibility index (Phi) is 6.50. The molecule has 5 nitrogen and oxygen atoms in total. The zero-order valence-corrected chi connectivity index (χ0v) is 17.7. The summed E-state index contributed by atoms with van der Waals surface area (Å²) in [7, 11) is 0. The Morgan fingerprint density at radius 3 is 2.12 bits per heavy atom. The van der Waals surface area contributed by atoms with Gasteiger partial charge < -0.3 is 10.2 Å². The maximum Gasteiger partial charge on any atom is 0.416 e. The summed E-state index contributed by atoms with van der Waals surface area (Å²) in [6.45, 7) is 3.02. The van der Waals surface area contributed by atoms with E-state index in [-0.39, 0.29) is 17.9 Å². The third-order valence-corrected chi connectivity index (χ3v) is 6.13. The van der Waals surface area contributed by atoms with Gasteiger partial charge in [0.25, 0.3) is 11.8 Å². The Labute approximate surface area is 185 Å². The van der Waals surface area contributed by atoms with E-state index in [0.717, 1.165) is 57.5 Å². The number of imide groups is 1. The number of fused-ring (bicyclic) bond motifs is 1. The van der Waals surface area contributed by atoms with E-state index in [0.29, 0.717) is 23.4 Å². The van der Waals surface area contributed by atoms with E-state index >= 15 is 0 Å². The number of halogens is 3. The number of unbranched alkanes of at least 4 members (excludes halogenated alkanes) is 1. The molecular formula is C24H26F3N3O2. The molecule has 32 heavy (non-hydrogen) atoms. The lowest BCUT2D eigenvalue weighted by molar-refractivity contribution is -0.137. The highest BCUT2D eigenvalue weighted by Gasteiger charge is 2.34. The molecule has 0 unspecified atom stereocenters. The fourth-order valence-corrected chi connectivity index (χ4v) is 4.37. The van der Waals surface area contributed by atoms with Crippen LogP contribution in [0.1, 0.15) is 52.0 Å². The molecule has 2 aromatic carbocycles. The lowest BCUT2D eigenvalue weighted by Gasteiger charge is -2.33. The summed E-state index contributed by atoms with van der Waals surface area (Å²) in [5.41, 5.74) is 0.818. The molecule has 2 aliphatic heterocycles. The van der Waals surface area contributed by atoms with Crippen molar-refractivity contribution in [3.8, 4) is 0 Å². The predicted octanol–water partition coefficient (Wildman–Crippen LogP) is 4.66. The minimum Gasteiger partial charge on any atom is -0.382 e. The summed E-state index contributed by atoms with van der Waals surface area (Å²) >= 11 is 0. The van der Waals surface area contributed by atoms with Gasteiger partial charge in [0.1, 0.15) is 0 Å². The van der Waals surface area contributed by atoms with Crippen LogP contribution in [-0.2, 0) is 6.18 Å². The lowest BCUT2D eigenvalue weighted by Crippen LogP contribution is -2.39. The van der Waals surface area contributed by atoms with E-state index in [9.17, 15) is 22.8 Å².